The molecule has 4 rings (SSSR count). The van der Waals surface area contributed by atoms with E-state index >= 15 is 0 Å². The minimum absolute atomic E-state index is 0.395. The molecule has 2 aromatic carbocycles. The van der Waals surface area contributed by atoms with Gasteiger partial charge in [-0.15, -0.1) is 0 Å². The molecule has 23 heavy (non-hydrogen) atoms. The first-order chi connectivity index (χ1) is 11.3. The standard InChI is InChI=1S/C19H19BrN2O/c20-16-9-7-14(8-10-16)12-22-11-3-4-15(13-22)19-21-17-5-1-2-6-18(17)23-19/h1-2,5-10,15H,3-4,11-13H2. The fraction of sp³-hybridized carbons (Fsp3) is 0.316. The topological polar surface area (TPSA) is 29.3 Å². The summed E-state index contributed by atoms with van der Waals surface area (Å²) in [6.07, 6.45) is 2.35. The van der Waals surface area contributed by atoms with Crippen molar-refractivity contribution in [3.63, 3.8) is 0 Å². The highest BCUT2D eigenvalue weighted by atomic mass is 79.9. The van der Waals surface area contributed by atoms with Crippen molar-refractivity contribution < 1.29 is 4.42 Å². The van der Waals surface area contributed by atoms with E-state index < -0.39 is 0 Å². The van der Waals surface area contributed by atoms with Crippen molar-refractivity contribution in [2.45, 2.75) is 25.3 Å². The molecule has 3 aromatic rings. The van der Waals surface area contributed by atoms with Gasteiger partial charge in [0.15, 0.2) is 11.5 Å². The third kappa shape index (κ3) is 3.33. The number of hydrogen-bond acceptors (Lipinski definition) is 3. The number of para-hydroxylation sites is 2. The summed E-state index contributed by atoms with van der Waals surface area (Å²) in [6.45, 7) is 3.15. The number of piperidine rings is 1. The Kier molecular flexibility index (Phi) is 4.19. The van der Waals surface area contributed by atoms with Crippen LogP contribution < -0.4 is 0 Å². The lowest BCUT2D eigenvalue weighted by atomic mass is 9.97. The van der Waals surface area contributed by atoms with Gasteiger partial charge in [-0.3, -0.25) is 4.90 Å². The van der Waals surface area contributed by atoms with Crippen molar-refractivity contribution in [2.75, 3.05) is 13.1 Å². The van der Waals surface area contributed by atoms with Crippen molar-refractivity contribution in [2.24, 2.45) is 0 Å². The Labute approximate surface area is 144 Å². The third-order valence-electron chi connectivity index (χ3n) is 4.48. The zero-order valence-electron chi connectivity index (χ0n) is 12.9. The maximum Gasteiger partial charge on any atom is 0.199 e. The summed E-state index contributed by atoms with van der Waals surface area (Å²) in [5.41, 5.74) is 3.21. The minimum atomic E-state index is 0.395. The molecule has 0 bridgehead atoms. The molecule has 0 spiro atoms. The van der Waals surface area contributed by atoms with Gasteiger partial charge in [-0.2, -0.15) is 0 Å². The van der Waals surface area contributed by atoms with Gasteiger partial charge < -0.3 is 4.42 Å². The number of halogens is 1. The van der Waals surface area contributed by atoms with E-state index in [9.17, 15) is 0 Å². The summed E-state index contributed by atoms with van der Waals surface area (Å²) in [4.78, 5) is 7.20. The van der Waals surface area contributed by atoms with Crippen LogP contribution in [0.2, 0.25) is 0 Å². The Balaban J connectivity index is 1.49. The number of nitrogens with zero attached hydrogens (tertiary/aromatic N) is 2. The van der Waals surface area contributed by atoms with Crippen LogP contribution in [0.4, 0.5) is 0 Å². The summed E-state index contributed by atoms with van der Waals surface area (Å²) < 4.78 is 7.11. The fourth-order valence-electron chi connectivity index (χ4n) is 3.31. The molecule has 0 aliphatic carbocycles. The molecule has 1 atom stereocenters. The van der Waals surface area contributed by atoms with Crippen molar-refractivity contribution in [1.29, 1.82) is 0 Å². The molecule has 2 heterocycles. The maximum absolute atomic E-state index is 5.98. The number of rotatable bonds is 3. The maximum atomic E-state index is 5.98. The van der Waals surface area contributed by atoms with Crippen LogP contribution in [0.25, 0.3) is 11.1 Å². The highest BCUT2D eigenvalue weighted by Gasteiger charge is 2.25. The number of aromatic nitrogens is 1. The van der Waals surface area contributed by atoms with Gasteiger partial charge in [0, 0.05) is 23.5 Å². The molecule has 0 N–H and O–H groups in total. The molecule has 1 aromatic heterocycles. The van der Waals surface area contributed by atoms with Gasteiger partial charge in [-0.25, -0.2) is 4.98 Å². The Hall–Kier alpha value is -1.65. The van der Waals surface area contributed by atoms with Crippen molar-refractivity contribution in [3.05, 3.63) is 64.5 Å². The smallest absolute Gasteiger partial charge is 0.199 e. The Morgan fingerprint density at radius 3 is 2.78 bits per heavy atom. The third-order valence-corrected chi connectivity index (χ3v) is 5.01. The van der Waals surface area contributed by atoms with Gasteiger partial charge in [0.1, 0.15) is 5.52 Å². The Morgan fingerprint density at radius 1 is 1.13 bits per heavy atom. The molecule has 1 unspecified atom stereocenters. The SMILES string of the molecule is Brc1ccc(CN2CCCC(c3nc4ccccc4o3)C2)cc1. The van der Waals surface area contributed by atoms with E-state index in [2.05, 4.69) is 50.1 Å². The zero-order chi connectivity index (χ0) is 15.6. The number of likely N-dealkylation sites (tertiary alicyclic amines) is 1. The highest BCUT2D eigenvalue weighted by Crippen LogP contribution is 2.29. The van der Waals surface area contributed by atoms with Gasteiger partial charge >= 0.3 is 0 Å². The average Bonchev–Trinajstić information content (AvgIpc) is 3.01. The molecule has 0 saturated carbocycles. The van der Waals surface area contributed by atoms with Gasteiger partial charge in [0.2, 0.25) is 0 Å². The van der Waals surface area contributed by atoms with E-state index in [0.29, 0.717) is 5.92 Å². The van der Waals surface area contributed by atoms with Crippen LogP contribution in [0.1, 0.15) is 30.2 Å². The van der Waals surface area contributed by atoms with Gasteiger partial charge in [-0.1, -0.05) is 40.2 Å². The lowest BCUT2D eigenvalue weighted by molar-refractivity contribution is 0.187. The number of hydrogen-bond donors (Lipinski definition) is 0. The van der Waals surface area contributed by atoms with E-state index in [1.165, 1.54) is 12.0 Å². The predicted octanol–water partition coefficient (Wildman–Crippen LogP) is 4.97. The summed E-state index contributed by atoms with van der Waals surface area (Å²) in [7, 11) is 0. The number of benzene rings is 2. The van der Waals surface area contributed by atoms with Crippen LogP contribution in [0.3, 0.4) is 0 Å². The second-order valence-corrected chi connectivity index (χ2v) is 7.14. The molecule has 1 fully saturated rings. The molecule has 1 aliphatic rings. The minimum Gasteiger partial charge on any atom is -0.440 e. The average molecular weight is 371 g/mol. The zero-order valence-corrected chi connectivity index (χ0v) is 14.5. The first kappa shape index (κ1) is 14.9. The van der Waals surface area contributed by atoms with E-state index in [-0.39, 0.29) is 0 Å². The van der Waals surface area contributed by atoms with E-state index in [0.717, 1.165) is 47.5 Å². The fourth-order valence-corrected chi connectivity index (χ4v) is 3.58. The molecule has 1 saturated heterocycles. The molecular weight excluding hydrogens is 352 g/mol. The van der Waals surface area contributed by atoms with Crippen LogP contribution in [-0.4, -0.2) is 23.0 Å². The lowest BCUT2D eigenvalue weighted by Gasteiger charge is -2.31. The number of fused-ring (bicyclic) bond motifs is 1. The quantitative estimate of drug-likeness (QED) is 0.651. The second-order valence-electron chi connectivity index (χ2n) is 6.22. The van der Waals surface area contributed by atoms with Crippen LogP contribution in [0.15, 0.2) is 57.4 Å². The molecule has 3 nitrogen and oxygen atoms in total. The van der Waals surface area contributed by atoms with Gasteiger partial charge in [-0.05, 0) is 49.2 Å². The largest absolute Gasteiger partial charge is 0.440 e. The second kappa shape index (κ2) is 6.46. The van der Waals surface area contributed by atoms with Gasteiger partial charge in [0.25, 0.3) is 0 Å². The van der Waals surface area contributed by atoms with Crippen LogP contribution in [0.5, 0.6) is 0 Å². The van der Waals surface area contributed by atoms with Crippen LogP contribution in [-0.2, 0) is 6.54 Å². The summed E-state index contributed by atoms with van der Waals surface area (Å²) in [5.74, 6) is 1.29. The van der Waals surface area contributed by atoms with Crippen molar-refractivity contribution in [3.8, 4) is 0 Å². The first-order valence-corrected chi connectivity index (χ1v) is 8.89. The van der Waals surface area contributed by atoms with E-state index in [1.54, 1.807) is 0 Å². The highest BCUT2D eigenvalue weighted by molar-refractivity contribution is 9.10. The predicted molar refractivity (Wildman–Crippen MR) is 95.4 cm³/mol. The summed E-state index contributed by atoms with van der Waals surface area (Å²) in [5, 5.41) is 0. The lowest BCUT2D eigenvalue weighted by Crippen LogP contribution is -2.34. The molecule has 0 radical (unpaired) electrons. The molecule has 4 heteroatoms. The van der Waals surface area contributed by atoms with Crippen molar-refractivity contribution in [1.82, 2.24) is 9.88 Å². The normalized spacial score (nSPS) is 19.3. The van der Waals surface area contributed by atoms with E-state index in [1.807, 2.05) is 24.3 Å². The summed E-state index contributed by atoms with van der Waals surface area (Å²) in [6, 6.07) is 16.6. The molecule has 1 aliphatic heterocycles. The van der Waals surface area contributed by atoms with Crippen LogP contribution >= 0.6 is 15.9 Å². The summed E-state index contributed by atoms with van der Waals surface area (Å²) >= 11 is 3.49. The molecular formula is C19H19BrN2O. The Bertz CT molecular complexity index is 763. The molecule has 118 valence electrons. The first-order valence-electron chi connectivity index (χ1n) is 8.10. The van der Waals surface area contributed by atoms with E-state index in [4.69, 9.17) is 4.42 Å². The monoisotopic (exact) mass is 370 g/mol. The Morgan fingerprint density at radius 2 is 1.96 bits per heavy atom. The van der Waals surface area contributed by atoms with Crippen LogP contribution in [0, 0.1) is 0 Å². The van der Waals surface area contributed by atoms with Crippen molar-refractivity contribution >= 4 is 27.0 Å². The number of oxazole rings is 1. The van der Waals surface area contributed by atoms with Gasteiger partial charge in [0.05, 0.1) is 0 Å². The molecule has 0 amide bonds.